The molecule has 0 amide bonds. The van der Waals surface area contributed by atoms with Crippen LogP contribution in [0.5, 0.6) is 0 Å². The normalized spacial score (nSPS) is 8.81. The van der Waals surface area contributed by atoms with Gasteiger partial charge in [-0.1, -0.05) is 6.58 Å². The number of hydrogen-bond donors (Lipinski definition) is 0. The first-order valence-electron chi connectivity index (χ1n) is 4.47. The largest absolute Gasteiger partial charge is 1.00 e. The van der Waals surface area contributed by atoms with Gasteiger partial charge in [0.15, 0.2) is 0 Å². The van der Waals surface area contributed by atoms with Crippen LogP contribution in [0.3, 0.4) is 0 Å². The molecule has 0 saturated carbocycles. The Morgan fingerprint density at radius 3 is 2.31 bits per heavy atom. The molecule has 0 atom stereocenters. The predicted octanol–water partition coefficient (Wildman–Crippen LogP) is -3.40. The molecular formula is C10H13NaO5. The Morgan fingerprint density at radius 1 is 1.31 bits per heavy atom. The molecule has 0 spiro atoms. The van der Waals surface area contributed by atoms with E-state index in [1.54, 1.807) is 0 Å². The number of esters is 1. The Balaban J connectivity index is 0. The third-order valence-electron chi connectivity index (χ3n) is 1.57. The van der Waals surface area contributed by atoms with Crippen LogP contribution in [0, 0.1) is 0 Å². The van der Waals surface area contributed by atoms with E-state index in [0.29, 0.717) is 6.42 Å². The van der Waals surface area contributed by atoms with E-state index in [1.165, 1.54) is 6.92 Å². The first-order chi connectivity index (χ1) is 6.93. The minimum atomic E-state index is -1.30. The molecule has 0 heterocycles. The second-order valence-electron chi connectivity index (χ2n) is 3.09. The van der Waals surface area contributed by atoms with Crippen molar-refractivity contribution in [1.82, 2.24) is 0 Å². The van der Waals surface area contributed by atoms with Crippen LogP contribution >= 0.6 is 0 Å². The summed E-state index contributed by atoms with van der Waals surface area (Å²) in [5.74, 6) is -2.16. The van der Waals surface area contributed by atoms with Crippen molar-refractivity contribution in [3.63, 3.8) is 0 Å². The molecule has 0 fully saturated rings. The summed E-state index contributed by atoms with van der Waals surface area (Å²) in [6.07, 6.45) is 0.313. The van der Waals surface area contributed by atoms with Gasteiger partial charge in [-0.05, 0) is 25.3 Å². The average molecular weight is 236 g/mol. The fraction of sp³-hybridized carbons (Fsp3) is 0.500. The topological polar surface area (TPSA) is 83.5 Å². The summed E-state index contributed by atoms with van der Waals surface area (Å²) in [7, 11) is 0. The summed E-state index contributed by atoms with van der Waals surface area (Å²) in [4.78, 5) is 31.5. The Kier molecular flexibility index (Phi) is 10.6. The molecule has 0 aliphatic heterocycles. The number of carboxylic acid groups (broad SMARTS) is 1. The van der Waals surface area contributed by atoms with E-state index in [9.17, 15) is 19.5 Å². The van der Waals surface area contributed by atoms with Crippen molar-refractivity contribution in [3.05, 3.63) is 12.2 Å². The molecule has 0 aromatic carbocycles. The predicted molar refractivity (Wildman–Crippen MR) is 49.6 cm³/mol. The number of rotatable bonds is 7. The van der Waals surface area contributed by atoms with Gasteiger partial charge in [0.2, 0.25) is 0 Å². The van der Waals surface area contributed by atoms with Crippen molar-refractivity contribution < 1.29 is 53.8 Å². The van der Waals surface area contributed by atoms with Gasteiger partial charge < -0.3 is 14.6 Å². The Hall–Kier alpha value is -0.650. The molecule has 0 aliphatic rings. The van der Waals surface area contributed by atoms with Crippen LogP contribution in [0.4, 0.5) is 0 Å². The zero-order valence-corrected chi connectivity index (χ0v) is 11.6. The van der Waals surface area contributed by atoms with Gasteiger partial charge in [0.25, 0.3) is 0 Å². The van der Waals surface area contributed by atoms with Gasteiger partial charge in [-0.25, -0.2) is 0 Å². The summed E-state index contributed by atoms with van der Waals surface area (Å²) in [6.45, 7) is 4.64. The molecule has 0 N–H and O–H groups in total. The van der Waals surface area contributed by atoms with Crippen molar-refractivity contribution in [3.8, 4) is 0 Å². The van der Waals surface area contributed by atoms with Gasteiger partial charge in [0.05, 0.1) is 12.6 Å². The van der Waals surface area contributed by atoms with Crippen LogP contribution in [-0.2, 0) is 19.1 Å². The van der Waals surface area contributed by atoms with E-state index in [4.69, 9.17) is 0 Å². The van der Waals surface area contributed by atoms with Crippen molar-refractivity contribution in [2.45, 2.75) is 26.2 Å². The third-order valence-corrected chi connectivity index (χ3v) is 1.57. The molecule has 84 valence electrons. The zero-order chi connectivity index (χ0) is 11.8. The van der Waals surface area contributed by atoms with E-state index in [2.05, 4.69) is 11.3 Å². The number of ether oxygens (including phenoxy) is 1. The van der Waals surface area contributed by atoms with Gasteiger partial charge in [0.1, 0.15) is 12.2 Å². The smallest absolute Gasteiger partial charge is 0.545 e. The monoisotopic (exact) mass is 236 g/mol. The van der Waals surface area contributed by atoms with Gasteiger partial charge in [-0.2, -0.15) is 0 Å². The fourth-order valence-corrected chi connectivity index (χ4v) is 0.828. The minimum Gasteiger partial charge on any atom is -0.545 e. The van der Waals surface area contributed by atoms with Crippen molar-refractivity contribution in [1.29, 1.82) is 0 Å². The van der Waals surface area contributed by atoms with Crippen molar-refractivity contribution in [2.24, 2.45) is 0 Å². The molecular weight excluding hydrogens is 223 g/mol. The van der Waals surface area contributed by atoms with Gasteiger partial charge in [0, 0.05) is 0 Å². The second-order valence-corrected chi connectivity index (χ2v) is 3.09. The van der Waals surface area contributed by atoms with E-state index < -0.39 is 11.9 Å². The quantitative estimate of drug-likeness (QED) is 0.151. The van der Waals surface area contributed by atoms with E-state index in [1.807, 2.05) is 0 Å². The van der Waals surface area contributed by atoms with Crippen LogP contribution in [0.15, 0.2) is 12.2 Å². The van der Waals surface area contributed by atoms with Crippen LogP contribution in [-0.4, -0.2) is 24.3 Å². The number of ketones is 1. The molecule has 0 aromatic heterocycles. The molecule has 6 heteroatoms. The number of Topliss-reactive ketones (excluding diaryl/α,β-unsaturated/α-hetero) is 1. The summed E-state index contributed by atoms with van der Waals surface area (Å²) in [6, 6.07) is 0. The van der Waals surface area contributed by atoms with Crippen LogP contribution in [0.2, 0.25) is 0 Å². The molecule has 5 nitrogen and oxygen atoms in total. The molecule has 0 bridgehead atoms. The van der Waals surface area contributed by atoms with E-state index in [0.717, 1.165) is 0 Å². The number of carbonyl (C=O) groups excluding carboxylic acids is 3. The summed E-state index contributed by atoms with van der Waals surface area (Å²) < 4.78 is 4.67. The standard InChI is InChI=1S/C10H14O5.Na/c1-7(10(13)14)4-3-5-15-9(12)6-8(2)11;/h1,3-6H2,2H3,(H,13,14);/q;+1/p-1. The van der Waals surface area contributed by atoms with Crippen LogP contribution < -0.4 is 34.7 Å². The van der Waals surface area contributed by atoms with E-state index >= 15 is 0 Å². The number of hydrogen-bond acceptors (Lipinski definition) is 5. The Bertz CT molecular complexity index is 285. The van der Waals surface area contributed by atoms with Crippen molar-refractivity contribution >= 4 is 17.7 Å². The number of aliphatic carboxylic acids is 1. The van der Waals surface area contributed by atoms with Crippen LogP contribution in [0.25, 0.3) is 0 Å². The van der Waals surface area contributed by atoms with Gasteiger partial charge >= 0.3 is 35.5 Å². The summed E-state index contributed by atoms with van der Waals surface area (Å²) in [5.41, 5.74) is -0.0300. The Morgan fingerprint density at radius 2 is 1.88 bits per heavy atom. The summed E-state index contributed by atoms with van der Waals surface area (Å²) in [5, 5.41) is 10.2. The molecule has 0 aromatic rings. The maximum Gasteiger partial charge on any atom is 1.00 e. The first kappa shape index (κ1) is 17.7. The van der Waals surface area contributed by atoms with Crippen molar-refractivity contribution in [2.75, 3.05) is 6.61 Å². The molecule has 0 saturated heterocycles. The molecule has 0 radical (unpaired) electrons. The molecule has 0 unspecified atom stereocenters. The maximum atomic E-state index is 10.8. The molecule has 0 aliphatic carbocycles. The summed E-state index contributed by atoms with van der Waals surface area (Å²) >= 11 is 0. The second kappa shape index (κ2) is 9.57. The number of carboxylic acids is 1. The maximum absolute atomic E-state index is 10.8. The Labute approximate surface area is 116 Å². The fourth-order valence-electron chi connectivity index (χ4n) is 0.828. The van der Waals surface area contributed by atoms with Gasteiger partial charge in [-0.15, -0.1) is 0 Å². The number of carbonyl (C=O) groups is 3. The van der Waals surface area contributed by atoms with E-state index in [-0.39, 0.29) is 60.4 Å². The van der Waals surface area contributed by atoms with Crippen LogP contribution in [0.1, 0.15) is 26.2 Å². The third kappa shape index (κ3) is 9.89. The molecule has 16 heavy (non-hydrogen) atoms. The van der Waals surface area contributed by atoms with Gasteiger partial charge in [-0.3, -0.25) is 9.59 Å². The molecule has 0 rings (SSSR count). The average Bonchev–Trinajstić information content (AvgIpc) is 2.10. The first-order valence-corrected chi connectivity index (χ1v) is 4.47. The minimum absolute atomic E-state index is 0. The SMILES string of the molecule is C=C(CCCOC(=O)CC(C)=O)C(=O)[O-].[Na+]. The zero-order valence-electron chi connectivity index (χ0n) is 9.58.